The van der Waals surface area contributed by atoms with Gasteiger partial charge in [0.05, 0.1) is 5.41 Å². The van der Waals surface area contributed by atoms with E-state index in [0.29, 0.717) is 0 Å². The van der Waals surface area contributed by atoms with Crippen molar-refractivity contribution in [2.75, 3.05) is 26.2 Å². The molecule has 1 saturated carbocycles. The number of rotatable bonds is 2. The van der Waals surface area contributed by atoms with Crippen molar-refractivity contribution in [1.29, 1.82) is 0 Å². The summed E-state index contributed by atoms with van der Waals surface area (Å²) in [5, 5.41) is 4.06. The molecule has 1 aliphatic carbocycles. The van der Waals surface area contributed by atoms with Gasteiger partial charge in [-0.2, -0.15) is 0 Å². The second-order valence-electron chi connectivity index (χ2n) is 5.46. The average Bonchev–Trinajstić information content (AvgIpc) is 3.24. The van der Waals surface area contributed by atoms with E-state index in [1.165, 1.54) is 0 Å². The van der Waals surface area contributed by atoms with Crippen LogP contribution in [0.3, 0.4) is 0 Å². The predicted molar refractivity (Wildman–Crippen MR) is 76.4 cm³/mol. The lowest BCUT2D eigenvalue weighted by molar-refractivity contribution is -0.133. The Morgan fingerprint density at radius 3 is 2.74 bits per heavy atom. The minimum atomic E-state index is -0.331. The summed E-state index contributed by atoms with van der Waals surface area (Å²) in [5.74, 6) is 0.268. The molecule has 102 valence electrons. The van der Waals surface area contributed by atoms with E-state index in [1.54, 1.807) is 0 Å². The highest BCUT2D eigenvalue weighted by molar-refractivity contribution is 6.31. The van der Waals surface area contributed by atoms with Crippen LogP contribution >= 0.6 is 11.6 Å². The van der Waals surface area contributed by atoms with Gasteiger partial charge in [-0.1, -0.05) is 29.8 Å². The first-order chi connectivity index (χ1) is 9.24. The fourth-order valence-corrected chi connectivity index (χ4v) is 3.24. The molecule has 0 unspecified atom stereocenters. The van der Waals surface area contributed by atoms with E-state index >= 15 is 0 Å². The molecule has 0 bridgehead atoms. The first kappa shape index (κ1) is 12.9. The van der Waals surface area contributed by atoms with E-state index < -0.39 is 0 Å². The molecule has 0 radical (unpaired) electrons. The minimum absolute atomic E-state index is 0.268. The van der Waals surface area contributed by atoms with Gasteiger partial charge in [-0.3, -0.25) is 4.79 Å². The molecule has 1 amide bonds. The molecule has 0 atom stereocenters. The topological polar surface area (TPSA) is 32.3 Å². The van der Waals surface area contributed by atoms with Gasteiger partial charge in [0.1, 0.15) is 0 Å². The van der Waals surface area contributed by atoms with Crippen molar-refractivity contribution in [2.45, 2.75) is 24.7 Å². The van der Waals surface area contributed by atoms with Crippen LogP contribution in [-0.2, 0) is 10.2 Å². The summed E-state index contributed by atoms with van der Waals surface area (Å²) >= 11 is 6.28. The maximum atomic E-state index is 12.8. The molecule has 1 aromatic carbocycles. The van der Waals surface area contributed by atoms with Crippen molar-refractivity contribution in [2.24, 2.45) is 0 Å². The maximum absolute atomic E-state index is 12.8. The Morgan fingerprint density at radius 2 is 2.00 bits per heavy atom. The second-order valence-corrected chi connectivity index (χ2v) is 5.86. The molecular weight excluding hydrogens is 260 g/mol. The van der Waals surface area contributed by atoms with E-state index in [2.05, 4.69) is 5.32 Å². The number of benzene rings is 1. The van der Waals surface area contributed by atoms with Gasteiger partial charge in [-0.25, -0.2) is 0 Å². The number of hydrogen-bond donors (Lipinski definition) is 1. The van der Waals surface area contributed by atoms with Gasteiger partial charge in [0.25, 0.3) is 0 Å². The first-order valence-electron chi connectivity index (χ1n) is 6.99. The van der Waals surface area contributed by atoms with Gasteiger partial charge in [0, 0.05) is 24.7 Å². The lowest BCUT2D eigenvalue weighted by atomic mass is 9.94. The molecule has 3 rings (SSSR count). The van der Waals surface area contributed by atoms with Gasteiger partial charge in [-0.05, 0) is 37.4 Å². The first-order valence-corrected chi connectivity index (χ1v) is 7.37. The summed E-state index contributed by atoms with van der Waals surface area (Å²) in [7, 11) is 0. The zero-order chi connectivity index (χ0) is 13.3. The minimum Gasteiger partial charge on any atom is -0.341 e. The number of hydrogen-bond acceptors (Lipinski definition) is 2. The van der Waals surface area contributed by atoms with E-state index in [9.17, 15) is 4.79 Å². The molecule has 1 heterocycles. The molecule has 1 aromatic rings. The molecule has 3 nitrogen and oxygen atoms in total. The lowest BCUT2D eigenvalue weighted by Gasteiger charge is -2.26. The monoisotopic (exact) mass is 278 g/mol. The van der Waals surface area contributed by atoms with Crippen molar-refractivity contribution < 1.29 is 4.79 Å². The third-order valence-electron chi connectivity index (χ3n) is 4.18. The van der Waals surface area contributed by atoms with Crippen molar-refractivity contribution in [3.63, 3.8) is 0 Å². The summed E-state index contributed by atoms with van der Waals surface area (Å²) < 4.78 is 0. The predicted octanol–water partition coefficient (Wildman–Crippen LogP) is 2.19. The second kappa shape index (κ2) is 5.14. The highest BCUT2D eigenvalue weighted by Gasteiger charge is 2.53. The summed E-state index contributed by atoms with van der Waals surface area (Å²) in [6.45, 7) is 3.57. The molecule has 4 heteroatoms. The van der Waals surface area contributed by atoms with Gasteiger partial charge in [0.2, 0.25) is 5.91 Å². The quantitative estimate of drug-likeness (QED) is 0.899. The van der Waals surface area contributed by atoms with E-state index in [-0.39, 0.29) is 11.3 Å². The van der Waals surface area contributed by atoms with Crippen LogP contribution in [0.5, 0.6) is 0 Å². The Labute approximate surface area is 118 Å². The summed E-state index contributed by atoms with van der Waals surface area (Å²) in [6, 6.07) is 7.78. The molecule has 1 aliphatic heterocycles. The molecule has 2 aliphatic rings. The normalized spacial score (nSPS) is 21.8. The third kappa shape index (κ3) is 2.37. The fourth-order valence-electron chi connectivity index (χ4n) is 2.92. The van der Waals surface area contributed by atoms with Crippen LogP contribution in [0.2, 0.25) is 5.02 Å². The summed E-state index contributed by atoms with van der Waals surface area (Å²) in [5.41, 5.74) is 0.682. The summed E-state index contributed by atoms with van der Waals surface area (Å²) in [6.07, 6.45) is 2.89. The Morgan fingerprint density at radius 1 is 1.21 bits per heavy atom. The number of nitrogens with zero attached hydrogens (tertiary/aromatic N) is 1. The van der Waals surface area contributed by atoms with Crippen LogP contribution in [0.1, 0.15) is 24.8 Å². The van der Waals surface area contributed by atoms with Crippen LogP contribution in [-0.4, -0.2) is 37.0 Å². The van der Waals surface area contributed by atoms with Crippen molar-refractivity contribution in [1.82, 2.24) is 10.2 Å². The van der Waals surface area contributed by atoms with Crippen LogP contribution < -0.4 is 5.32 Å². The molecule has 0 aromatic heterocycles. The van der Waals surface area contributed by atoms with Crippen molar-refractivity contribution in [3.05, 3.63) is 34.9 Å². The zero-order valence-corrected chi connectivity index (χ0v) is 11.7. The van der Waals surface area contributed by atoms with Gasteiger partial charge >= 0.3 is 0 Å². The van der Waals surface area contributed by atoms with Crippen LogP contribution in [0.25, 0.3) is 0 Å². The van der Waals surface area contributed by atoms with Crippen LogP contribution in [0.4, 0.5) is 0 Å². The number of amides is 1. The molecule has 2 fully saturated rings. The Kier molecular flexibility index (Phi) is 3.50. The van der Waals surface area contributed by atoms with Crippen LogP contribution in [0.15, 0.2) is 24.3 Å². The van der Waals surface area contributed by atoms with Gasteiger partial charge < -0.3 is 10.2 Å². The zero-order valence-electron chi connectivity index (χ0n) is 11.0. The van der Waals surface area contributed by atoms with Gasteiger partial charge in [0.15, 0.2) is 0 Å². The highest BCUT2D eigenvalue weighted by atomic mass is 35.5. The SMILES string of the molecule is O=C(N1CCCNCC1)C1(c2ccccc2Cl)CC1. The average molecular weight is 279 g/mol. The number of nitrogens with one attached hydrogen (secondary N) is 1. The molecule has 0 spiro atoms. The molecular formula is C15H19ClN2O. The van der Waals surface area contributed by atoms with Crippen LogP contribution in [0, 0.1) is 0 Å². The Hall–Kier alpha value is -1.06. The number of carbonyl (C=O) groups excluding carboxylic acids is 1. The largest absolute Gasteiger partial charge is 0.341 e. The lowest BCUT2D eigenvalue weighted by Crippen LogP contribution is -2.41. The van der Waals surface area contributed by atoms with E-state index in [1.807, 2.05) is 29.2 Å². The Bertz CT molecular complexity index is 477. The highest BCUT2D eigenvalue weighted by Crippen LogP contribution is 2.51. The van der Waals surface area contributed by atoms with Crippen molar-refractivity contribution in [3.8, 4) is 0 Å². The number of carbonyl (C=O) groups is 1. The van der Waals surface area contributed by atoms with E-state index in [0.717, 1.165) is 56.0 Å². The Balaban J connectivity index is 1.84. The standard InChI is InChI=1S/C15H19ClN2O/c16-13-5-2-1-4-12(13)15(6-7-15)14(19)18-10-3-8-17-9-11-18/h1-2,4-5,17H,3,6-11H2. The fraction of sp³-hybridized carbons (Fsp3) is 0.533. The maximum Gasteiger partial charge on any atom is 0.233 e. The smallest absolute Gasteiger partial charge is 0.233 e. The number of halogens is 1. The van der Waals surface area contributed by atoms with Gasteiger partial charge in [-0.15, -0.1) is 0 Å². The molecule has 1 N–H and O–H groups in total. The van der Waals surface area contributed by atoms with Crippen molar-refractivity contribution >= 4 is 17.5 Å². The van der Waals surface area contributed by atoms with E-state index in [4.69, 9.17) is 11.6 Å². The summed E-state index contributed by atoms with van der Waals surface area (Å²) in [4.78, 5) is 14.8. The molecule has 19 heavy (non-hydrogen) atoms. The molecule has 1 saturated heterocycles. The third-order valence-corrected chi connectivity index (χ3v) is 4.51.